The number of para-hydroxylation sites is 1. The molecule has 0 bridgehead atoms. The number of hydrogen-bond donors (Lipinski definition) is 1. The molecule has 0 saturated heterocycles. The molecule has 4 atom stereocenters. The van der Waals surface area contributed by atoms with Gasteiger partial charge in [0.15, 0.2) is 18.1 Å². The molecular weight excluding hydrogens is 320 g/mol. The van der Waals surface area contributed by atoms with E-state index >= 15 is 0 Å². The van der Waals surface area contributed by atoms with Crippen LogP contribution in [0.2, 0.25) is 0 Å². The van der Waals surface area contributed by atoms with Gasteiger partial charge in [0.05, 0.1) is 13.2 Å². The number of methoxy groups -OCH3 is 1. The number of aliphatic hydroxyl groups excluding tert-OH is 1. The second-order valence-electron chi connectivity index (χ2n) is 7.08. The standard InChI is InChI=1S/C20H26O5/c1-12(2)15(21)9-7-13-8-10-16-19(13)14-5-4-6-17(20(14)25-16)24-11-18(22)23-3/h4-7,9,12-13,15-16,19,21H,8,10-11H2,1-3H3/b9-7+/t13?,15-,16+,19+/m1/s1. The molecule has 5 heteroatoms. The van der Waals surface area contributed by atoms with Crippen molar-refractivity contribution in [2.24, 2.45) is 11.8 Å². The molecule has 1 aliphatic carbocycles. The number of hydrogen-bond acceptors (Lipinski definition) is 5. The second kappa shape index (κ2) is 7.48. The molecule has 1 N–H and O–H groups in total. The van der Waals surface area contributed by atoms with Crippen LogP contribution in [0.4, 0.5) is 0 Å². The second-order valence-corrected chi connectivity index (χ2v) is 7.08. The van der Waals surface area contributed by atoms with Gasteiger partial charge < -0.3 is 19.3 Å². The Morgan fingerprint density at radius 2 is 2.20 bits per heavy atom. The lowest BCUT2D eigenvalue weighted by Gasteiger charge is -2.16. The molecule has 1 heterocycles. The van der Waals surface area contributed by atoms with E-state index in [0.717, 1.165) is 24.2 Å². The van der Waals surface area contributed by atoms with E-state index in [1.807, 2.05) is 32.1 Å². The average Bonchev–Trinajstić information content (AvgIpc) is 3.17. The molecule has 3 rings (SSSR count). The molecule has 0 amide bonds. The van der Waals surface area contributed by atoms with Crippen LogP contribution in [-0.4, -0.2) is 37.0 Å². The summed E-state index contributed by atoms with van der Waals surface area (Å²) in [5, 5.41) is 10.0. The van der Waals surface area contributed by atoms with Gasteiger partial charge in [-0.15, -0.1) is 0 Å². The Hall–Kier alpha value is -2.01. The minimum Gasteiger partial charge on any atom is -0.486 e. The summed E-state index contributed by atoms with van der Waals surface area (Å²) in [7, 11) is 1.34. The first-order valence-electron chi connectivity index (χ1n) is 8.86. The number of benzene rings is 1. The third kappa shape index (κ3) is 3.66. The molecule has 1 saturated carbocycles. The smallest absolute Gasteiger partial charge is 0.343 e. The van der Waals surface area contributed by atoms with Crippen LogP contribution in [0.5, 0.6) is 11.5 Å². The molecule has 1 aromatic carbocycles. The van der Waals surface area contributed by atoms with Gasteiger partial charge in [0.2, 0.25) is 0 Å². The van der Waals surface area contributed by atoms with E-state index in [2.05, 4.69) is 16.9 Å². The number of carbonyl (C=O) groups excluding carboxylic acids is 1. The average molecular weight is 346 g/mol. The van der Waals surface area contributed by atoms with Gasteiger partial charge in [-0.2, -0.15) is 0 Å². The summed E-state index contributed by atoms with van der Waals surface area (Å²) in [6.45, 7) is 3.88. The van der Waals surface area contributed by atoms with E-state index in [1.54, 1.807) is 0 Å². The van der Waals surface area contributed by atoms with E-state index in [9.17, 15) is 9.90 Å². The highest BCUT2D eigenvalue weighted by Crippen LogP contribution is 2.53. The van der Waals surface area contributed by atoms with Crippen molar-refractivity contribution in [3.63, 3.8) is 0 Å². The number of fused-ring (bicyclic) bond motifs is 3. The fraction of sp³-hybridized carbons (Fsp3) is 0.550. The van der Waals surface area contributed by atoms with E-state index in [-0.39, 0.29) is 24.5 Å². The van der Waals surface area contributed by atoms with Crippen LogP contribution in [0.3, 0.4) is 0 Å². The van der Waals surface area contributed by atoms with Crippen LogP contribution in [0, 0.1) is 11.8 Å². The molecular formula is C20H26O5. The number of rotatable bonds is 6. The SMILES string of the molecule is COC(=O)COc1cccc2c1O[C@H]1CCC(/C=C/[C@@H](O)C(C)C)[C@@H]21. The lowest BCUT2D eigenvalue weighted by atomic mass is 9.88. The van der Waals surface area contributed by atoms with Crippen molar-refractivity contribution in [2.75, 3.05) is 13.7 Å². The van der Waals surface area contributed by atoms with Gasteiger partial charge in [-0.1, -0.05) is 38.1 Å². The molecule has 0 radical (unpaired) electrons. The minimum atomic E-state index is -0.421. The fourth-order valence-corrected chi connectivity index (χ4v) is 3.63. The van der Waals surface area contributed by atoms with E-state index in [1.165, 1.54) is 7.11 Å². The van der Waals surface area contributed by atoms with Crippen LogP contribution in [0.1, 0.15) is 38.2 Å². The number of ether oxygens (including phenoxy) is 3. The molecule has 0 aromatic heterocycles. The molecule has 1 aromatic rings. The summed E-state index contributed by atoms with van der Waals surface area (Å²) < 4.78 is 16.3. The molecule has 1 aliphatic heterocycles. The summed E-state index contributed by atoms with van der Waals surface area (Å²) in [5.74, 6) is 1.73. The van der Waals surface area contributed by atoms with Gasteiger partial charge >= 0.3 is 5.97 Å². The third-order valence-electron chi connectivity index (χ3n) is 5.10. The van der Waals surface area contributed by atoms with Crippen LogP contribution in [-0.2, 0) is 9.53 Å². The van der Waals surface area contributed by atoms with Gasteiger partial charge in [0, 0.05) is 11.5 Å². The number of carbonyl (C=O) groups is 1. The lowest BCUT2D eigenvalue weighted by Crippen LogP contribution is -2.16. The summed E-state index contributed by atoms with van der Waals surface area (Å²) >= 11 is 0. The van der Waals surface area contributed by atoms with Crippen LogP contribution < -0.4 is 9.47 Å². The quantitative estimate of drug-likeness (QED) is 0.633. The lowest BCUT2D eigenvalue weighted by molar-refractivity contribution is -0.142. The first kappa shape index (κ1) is 17.8. The summed E-state index contributed by atoms with van der Waals surface area (Å²) in [5.41, 5.74) is 1.12. The van der Waals surface area contributed by atoms with E-state index in [4.69, 9.17) is 9.47 Å². The van der Waals surface area contributed by atoms with E-state index < -0.39 is 12.1 Å². The van der Waals surface area contributed by atoms with Crippen LogP contribution >= 0.6 is 0 Å². The topological polar surface area (TPSA) is 65.0 Å². The Kier molecular flexibility index (Phi) is 5.33. The fourth-order valence-electron chi connectivity index (χ4n) is 3.63. The van der Waals surface area contributed by atoms with Crippen molar-refractivity contribution in [2.45, 2.75) is 44.8 Å². The summed E-state index contributed by atoms with van der Waals surface area (Å²) in [4.78, 5) is 11.3. The molecule has 2 aliphatic rings. The Labute approximate surface area is 148 Å². The largest absolute Gasteiger partial charge is 0.486 e. The first-order valence-corrected chi connectivity index (χ1v) is 8.86. The van der Waals surface area contributed by atoms with Crippen LogP contribution in [0.15, 0.2) is 30.4 Å². The monoisotopic (exact) mass is 346 g/mol. The van der Waals surface area contributed by atoms with Crippen molar-refractivity contribution < 1.29 is 24.1 Å². The molecule has 136 valence electrons. The van der Waals surface area contributed by atoms with Gasteiger partial charge in [-0.25, -0.2) is 4.79 Å². The third-order valence-corrected chi connectivity index (χ3v) is 5.10. The number of esters is 1. The maximum absolute atomic E-state index is 11.3. The number of aliphatic hydroxyl groups is 1. The van der Waals surface area contributed by atoms with Gasteiger partial charge in [0.25, 0.3) is 0 Å². The molecule has 1 unspecified atom stereocenters. The van der Waals surface area contributed by atoms with Crippen molar-refractivity contribution in [3.05, 3.63) is 35.9 Å². The zero-order valence-electron chi connectivity index (χ0n) is 15.0. The van der Waals surface area contributed by atoms with Crippen LogP contribution in [0.25, 0.3) is 0 Å². The normalized spacial score (nSPS) is 25.6. The predicted octanol–water partition coefficient (Wildman–Crippen LogP) is 3.07. The zero-order chi connectivity index (χ0) is 18.0. The molecule has 0 spiro atoms. The Morgan fingerprint density at radius 3 is 2.92 bits per heavy atom. The maximum Gasteiger partial charge on any atom is 0.343 e. The first-order chi connectivity index (χ1) is 12.0. The highest BCUT2D eigenvalue weighted by Gasteiger charge is 2.44. The van der Waals surface area contributed by atoms with Gasteiger partial charge in [0.1, 0.15) is 6.10 Å². The maximum atomic E-state index is 11.3. The van der Waals surface area contributed by atoms with Crippen molar-refractivity contribution >= 4 is 5.97 Å². The molecule has 5 nitrogen and oxygen atoms in total. The number of allylic oxidation sites excluding steroid dienone is 1. The van der Waals surface area contributed by atoms with Crippen molar-refractivity contribution in [1.82, 2.24) is 0 Å². The Morgan fingerprint density at radius 1 is 1.40 bits per heavy atom. The Bertz CT molecular complexity index is 651. The van der Waals surface area contributed by atoms with Gasteiger partial charge in [-0.05, 0) is 30.7 Å². The zero-order valence-corrected chi connectivity index (χ0v) is 15.0. The molecule has 25 heavy (non-hydrogen) atoms. The predicted molar refractivity (Wildman–Crippen MR) is 93.8 cm³/mol. The highest BCUT2D eigenvalue weighted by atomic mass is 16.6. The summed E-state index contributed by atoms with van der Waals surface area (Å²) in [6, 6.07) is 5.81. The van der Waals surface area contributed by atoms with E-state index in [0.29, 0.717) is 11.7 Å². The van der Waals surface area contributed by atoms with Gasteiger partial charge in [-0.3, -0.25) is 0 Å². The van der Waals surface area contributed by atoms with Crippen molar-refractivity contribution in [1.29, 1.82) is 0 Å². The summed E-state index contributed by atoms with van der Waals surface area (Å²) in [6.07, 6.45) is 5.77. The minimum absolute atomic E-state index is 0.128. The van der Waals surface area contributed by atoms with Crippen molar-refractivity contribution in [3.8, 4) is 11.5 Å². The Balaban J connectivity index is 1.77. The highest BCUT2D eigenvalue weighted by molar-refractivity contribution is 5.71. The molecule has 1 fully saturated rings.